The van der Waals surface area contributed by atoms with Gasteiger partial charge in [0, 0.05) is 0 Å². The number of nitrogens with one attached hydrogen (secondary N) is 1. The van der Waals surface area contributed by atoms with Crippen molar-refractivity contribution in [1.82, 2.24) is 0 Å². The van der Waals surface area contributed by atoms with Crippen LogP contribution in [-0.4, -0.2) is 6.08 Å². The molecule has 0 aromatic rings. The van der Waals surface area contributed by atoms with Gasteiger partial charge in [0.2, 0.25) is 6.08 Å². The Morgan fingerprint density at radius 2 is 1.06 bits per heavy atom. The van der Waals surface area contributed by atoms with Gasteiger partial charge in [-0.05, 0) is 55.8 Å². The van der Waals surface area contributed by atoms with E-state index >= 15 is 0 Å². The monoisotopic (exact) mass is 221 g/mol. The van der Waals surface area contributed by atoms with Crippen LogP contribution >= 0.6 is 0 Å². The fourth-order valence-electron chi connectivity index (χ4n) is 4.26. The van der Waals surface area contributed by atoms with Crippen molar-refractivity contribution in [2.75, 3.05) is 0 Å². The van der Waals surface area contributed by atoms with Crippen molar-refractivity contribution < 1.29 is 4.79 Å². The van der Waals surface area contributed by atoms with Crippen molar-refractivity contribution in [2.24, 2.45) is 23.7 Å². The third-order valence-electron chi connectivity index (χ3n) is 5.12. The summed E-state index contributed by atoms with van der Waals surface area (Å²) >= 11 is 0. The Hall–Kier alpha value is -0.620. The molecule has 6 rings (SSSR count). The third kappa shape index (κ3) is 2.74. The number of isocyanates is 1. The van der Waals surface area contributed by atoms with Crippen molar-refractivity contribution >= 4 is 6.08 Å². The molecule has 4 bridgehead atoms. The predicted octanol–water partition coefficient (Wildman–Crippen LogP) is 3.90. The molecule has 90 valence electrons. The summed E-state index contributed by atoms with van der Waals surface area (Å²) in [6, 6.07) is 0. The molecule has 0 amide bonds. The first-order valence-electron chi connectivity index (χ1n) is 6.87. The molecule has 1 N–H and O–H groups in total. The van der Waals surface area contributed by atoms with Crippen LogP contribution in [0.5, 0.6) is 0 Å². The smallest absolute Gasteiger partial charge is 0.222 e. The lowest BCUT2D eigenvalue weighted by Gasteiger charge is -2.32. The first-order chi connectivity index (χ1) is 7.83. The van der Waals surface area contributed by atoms with Crippen LogP contribution < -0.4 is 0 Å². The molecule has 0 unspecified atom stereocenters. The van der Waals surface area contributed by atoms with E-state index in [1.165, 1.54) is 0 Å². The van der Waals surface area contributed by atoms with Gasteiger partial charge in [0.1, 0.15) is 0 Å². The molecule has 2 nitrogen and oxygen atoms in total. The van der Waals surface area contributed by atoms with Gasteiger partial charge in [-0.25, -0.2) is 10.2 Å². The molecule has 6 saturated carbocycles. The molecule has 0 heterocycles. The molecule has 0 radical (unpaired) electrons. The summed E-state index contributed by atoms with van der Waals surface area (Å²) in [5.74, 6) is 4.57. The summed E-state index contributed by atoms with van der Waals surface area (Å²) in [4.78, 5) is 8.35. The normalized spacial score (nSPS) is 41.0. The van der Waals surface area contributed by atoms with Gasteiger partial charge in [-0.3, -0.25) is 0 Å². The minimum atomic E-state index is 0.750. The Labute approximate surface area is 98.3 Å². The zero-order valence-corrected chi connectivity index (χ0v) is 10.1. The van der Waals surface area contributed by atoms with E-state index in [0.29, 0.717) is 0 Å². The highest BCUT2D eigenvalue weighted by atomic mass is 16.1. The largest absolute Gasteiger partial charge is 0.231 e. The van der Waals surface area contributed by atoms with E-state index in [2.05, 4.69) is 0 Å². The molecule has 0 spiro atoms. The molecule has 0 atom stereocenters. The highest BCUT2D eigenvalue weighted by Crippen LogP contribution is 2.47. The molecule has 16 heavy (non-hydrogen) atoms. The fourth-order valence-corrected chi connectivity index (χ4v) is 4.26. The maximum absolute atomic E-state index is 8.35. The van der Waals surface area contributed by atoms with Crippen molar-refractivity contribution in [3.05, 3.63) is 0 Å². The van der Waals surface area contributed by atoms with Crippen LogP contribution in [-0.2, 0) is 4.79 Å². The van der Waals surface area contributed by atoms with Crippen LogP contribution in [0.1, 0.15) is 57.8 Å². The zero-order valence-electron chi connectivity index (χ0n) is 10.1. The molecule has 0 aromatic heterocycles. The topological polar surface area (TPSA) is 40.9 Å². The second-order valence-electron chi connectivity index (χ2n) is 5.90. The van der Waals surface area contributed by atoms with Crippen LogP contribution in [0.3, 0.4) is 0 Å². The van der Waals surface area contributed by atoms with E-state index in [0.717, 1.165) is 29.8 Å². The van der Waals surface area contributed by atoms with Gasteiger partial charge in [0.05, 0.1) is 0 Å². The van der Waals surface area contributed by atoms with Gasteiger partial charge >= 0.3 is 0 Å². The fraction of sp³-hybridized carbons (Fsp3) is 0.929. The number of carbonyl (C=O) groups excluding carboxylic acids is 1. The molecular weight excluding hydrogens is 198 g/mol. The summed E-state index contributed by atoms with van der Waals surface area (Å²) in [6.45, 7) is 0. The maximum Gasteiger partial charge on any atom is 0.231 e. The second-order valence-corrected chi connectivity index (χ2v) is 5.90. The van der Waals surface area contributed by atoms with Crippen molar-refractivity contribution in [3.63, 3.8) is 0 Å². The minimum Gasteiger partial charge on any atom is -0.222 e. The summed E-state index contributed by atoms with van der Waals surface area (Å²) < 4.78 is 0. The molecule has 6 aliphatic carbocycles. The Kier molecular flexibility index (Phi) is 4.17. The highest BCUT2D eigenvalue weighted by Gasteiger charge is 2.34. The average Bonchev–Trinajstić information content (AvgIpc) is 2.52. The van der Waals surface area contributed by atoms with Gasteiger partial charge in [-0.1, -0.05) is 25.7 Å². The van der Waals surface area contributed by atoms with Crippen molar-refractivity contribution in [2.45, 2.75) is 57.8 Å². The SMILES string of the molecule is C1CC2CCC1CC1CCC2CC1.N=C=O. The van der Waals surface area contributed by atoms with Crippen LogP contribution in [0.15, 0.2) is 0 Å². The van der Waals surface area contributed by atoms with Gasteiger partial charge in [0.25, 0.3) is 0 Å². The van der Waals surface area contributed by atoms with E-state index in [1.807, 2.05) is 0 Å². The molecule has 2 heteroatoms. The first-order valence-corrected chi connectivity index (χ1v) is 6.87. The number of hydrogen-bond acceptors (Lipinski definition) is 2. The molecule has 0 aromatic carbocycles. The summed E-state index contributed by atoms with van der Waals surface area (Å²) in [5.41, 5.74) is 0. The van der Waals surface area contributed by atoms with Crippen LogP contribution in [0.4, 0.5) is 0 Å². The van der Waals surface area contributed by atoms with E-state index in [9.17, 15) is 0 Å². The molecule has 6 fully saturated rings. The van der Waals surface area contributed by atoms with Crippen molar-refractivity contribution in [1.29, 1.82) is 5.41 Å². The van der Waals surface area contributed by atoms with Crippen LogP contribution in [0.2, 0.25) is 0 Å². The Morgan fingerprint density at radius 3 is 1.38 bits per heavy atom. The zero-order chi connectivity index (χ0) is 11.4. The Bertz CT molecular complexity index is 221. The average molecular weight is 221 g/mol. The van der Waals surface area contributed by atoms with Gasteiger partial charge in [0.15, 0.2) is 0 Å². The van der Waals surface area contributed by atoms with Gasteiger partial charge in [-0.15, -0.1) is 0 Å². The van der Waals surface area contributed by atoms with E-state index in [4.69, 9.17) is 10.2 Å². The molecule has 0 saturated heterocycles. The first kappa shape index (κ1) is 11.9. The molecule has 0 aliphatic heterocycles. The minimum absolute atomic E-state index is 0.750. The van der Waals surface area contributed by atoms with Gasteiger partial charge in [-0.2, -0.15) is 0 Å². The highest BCUT2D eigenvalue weighted by molar-refractivity contribution is 5.26. The number of rotatable bonds is 0. The second kappa shape index (κ2) is 5.63. The summed E-state index contributed by atoms with van der Waals surface area (Å²) in [5, 5.41) is 5.40. The lowest BCUT2D eigenvalue weighted by Crippen LogP contribution is -2.21. The molecular formula is C14H23NO. The van der Waals surface area contributed by atoms with Crippen LogP contribution in [0.25, 0.3) is 0 Å². The maximum atomic E-state index is 8.35. The van der Waals surface area contributed by atoms with E-state index < -0.39 is 0 Å². The van der Waals surface area contributed by atoms with Crippen LogP contribution in [0, 0.1) is 29.1 Å². The lowest BCUT2D eigenvalue weighted by atomic mass is 9.73. The quantitative estimate of drug-likeness (QED) is 0.489. The third-order valence-corrected chi connectivity index (χ3v) is 5.12. The predicted molar refractivity (Wildman–Crippen MR) is 63.9 cm³/mol. The number of hydrogen-bond donors (Lipinski definition) is 1. The standard InChI is InChI=1S/C13H22.CHNO/c1-5-12-6-2-10(1)9-11-3-7-13(12)8-4-11;2-1-3/h10-13H,1-9H2;2H. The lowest BCUT2D eigenvalue weighted by molar-refractivity contribution is 0.191. The van der Waals surface area contributed by atoms with Gasteiger partial charge < -0.3 is 0 Å². The Balaban J connectivity index is 0.000000292. The summed E-state index contributed by atoms with van der Waals surface area (Å²) in [6.07, 6.45) is 15.0. The van der Waals surface area contributed by atoms with Crippen molar-refractivity contribution in [3.8, 4) is 0 Å². The summed E-state index contributed by atoms with van der Waals surface area (Å²) in [7, 11) is 0. The van der Waals surface area contributed by atoms with E-state index in [-0.39, 0.29) is 0 Å². The Morgan fingerprint density at radius 1 is 0.750 bits per heavy atom. The van der Waals surface area contributed by atoms with E-state index in [1.54, 1.807) is 57.8 Å². The molecule has 6 aliphatic rings.